The summed E-state index contributed by atoms with van der Waals surface area (Å²) in [6.07, 6.45) is -0.383. The highest BCUT2D eigenvalue weighted by molar-refractivity contribution is 5.13. The van der Waals surface area contributed by atoms with E-state index in [0.29, 0.717) is 25.8 Å². The first-order valence-electron chi connectivity index (χ1n) is 5.81. The van der Waals surface area contributed by atoms with Crippen LogP contribution in [0, 0.1) is 0 Å². The summed E-state index contributed by atoms with van der Waals surface area (Å²) < 4.78 is 5.44. The molecule has 3 nitrogen and oxygen atoms in total. The minimum Gasteiger partial charge on any atom is -0.385 e. The Morgan fingerprint density at radius 1 is 1.25 bits per heavy atom. The maximum atomic E-state index is 9.62. The van der Waals surface area contributed by atoms with Gasteiger partial charge in [0.1, 0.15) is 12.6 Å². The van der Waals surface area contributed by atoms with Crippen molar-refractivity contribution < 1.29 is 15.2 Å². The first kappa shape index (κ1) is 13.2. The lowest BCUT2D eigenvalue weighted by Crippen LogP contribution is -2.90. The number of benzene rings is 1. The lowest BCUT2D eigenvalue weighted by molar-refractivity contribution is -0.688. The van der Waals surface area contributed by atoms with E-state index in [2.05, 4.69) is 19.2 Å². The molecule has 0 aliphatic rings. The predicted molar refractivity (Wildman–Crippen MR) is 64.0 cm³/mol. The van der Waals surface area contributed by atoms with Gasteiger partial charge in [-0.2, -0.15) is 0 Å². The summed E-state index contributed by atoms with van der Waals surface area (Å²) in [4.78, 5) is 0. The van der Waals surface area contributed by atoms with E-state index in [1.54, 1.807) is 0 Å². The van der Waals surface area contributed by atoms with Crippen LogP contribution in [-0.2, 0) is 11.3 Å². The van der Waals surface area contributed by atoms with Crippen molar-refractivity contribution in [3.8, 4) is 0 Å². The fourth-order valence-corrected chi connectivity index (χ4v) is 1.38. The quantitative estimate of drug-likeness (QED) is 0.710. The lowest BCUT2D eigenvalue weighted by Gasteiger charge is -2.11. The summed E-state index contributed by atoms with van der Waals surface area (Å²) in [5.74, 6) is 0. The maximum Gasteiger partial charge on any atom is 0.126 e. The summed E-state index contributed by atoms with van der Waals surface area (Å²) in [5.41, 5.74) is 1.14. The van der Waals surface area contributed by atoms with E-state index in [1.165, 1.54) is 0 Å². The standard InChI is InChI=1S/C13H21NO2/c1-11(2)14-8-13(15)10-16-9-12-6-4-3-5-7-12/h3-7,11,13-15H,8-10H2,1-2H3/p+1/t13-/m0/s1. The Hall–Kier alpha value is -0.900. The first-order chi connectivity index (χ1) is 7.68. The van der Waals surface area contributed by atoms with Gasteiger partial charge in [0.2, 0.25) is 0 Å². The van der Waals surface area contributed by atoms with Crippen LogP contribution < -0.4 is 5.32 Å². The molecule has 1 atom stereocenters. The maximum absolute atomic E-state index is 9.62. The molecule has 1 rings (SSSR count). The van der Waals surface area contributed by atoms with Crippen LogP contribution in [0.3, 0.4) is 0 Å². The van der Waals surface area contributed by atoms with Crippen LogP contribution in [-0.4, -0.2) is 30.4 Å². The number of nitrogens with two attached hydrogens (primary N) is 1. The van der Waals surface area contributed by atoms with Crippen LogP contribution in [0.4, 0.5) is 0 Å². The molecule has 0 spiro atoms. The van der Waals surface area contributed by atoms with E-state index >= 15 is 0 Å². The molecule has 0 aliphatic carbocycles. The Labute approximate surface area is 97.4 Å². The largest absolute Gasteiger partial charge is 0.385 e. The zero-order valence-corrected chi connectivity index (χ0v) is 10.1. The lowest BCUT2D eigenvalue weighted by atomic mass is 10.2. The van der Waals surface area contributed by atoms with Gasteiger partial charge in [-0.25, -0.2) is 0 Å². The van der Waals surface area contributed by atoms with Crippen molar-refractivity contribution in [2.75, 3.05) is 13.2 Å². The molecule has 0 fully saturated rings. The molecule has 3 N–H and O–H groups in total. The van der Waals surface area contributed by atoms with Crippen molar-refractivity contribution in [2.45, 2.75) is 32.6 Å². The Morgan fingerprint density at radius 2 is 1.94 bits per heavy atom. The second-order valence-corrected chi connectivity index (χ2v) is 4.37. The van der Waals surface area contributed by atoms with E-state index in [-0.39, 0.29) is 6.10 Å². The summed E-state index contributed by atoms with van der Waals surface area (Å²) in [6, 6.07) is 10.5. The van der Waals surface area contributed by atoms with Crippen LogP contribution in [0.5, 0.6) is 0 Å². The van der Waals surface area contributed by atoms with Crippen LogP contribution in [0.15, 0.2) is 30.3 Å². The van der Waals surface area contributed by atoms with Crippen LogP contribution >= 0.6 is 0 Å². The fraction of sp³-hybridized carbons (Fsp3) is 0.538. The third kappa shape index (κ3) is 5.85. The number of hydrogen-bond acceptors (Lipinski definition) is 2. The molecule has 16 heavy (non-hydrogen) atoms. The van der Waals surface area contributed by atoms with E-state index in [4.69, 9.17) is 4.74 Å². The third-order valence-electron chi connectivity index (χ3n) is 2.30. The second kappa shape index (κ2) is 7.39. The van der Waals surface area contributed by atoms with Gasteiger partial charge in [0.25, 0.3) is 0 Å². The number of quaternary nitrogens is 1. The van der Waals surface area contributed by atoms with Crippen LogP contribution in [0.2, 0.25) is 0 Å². The van der Waals surface area contributed by atoms with Gasteiger partial charge in [-0.15, -0.1) is 0 Å². The van der Waals surface area contributed by atoms with E-state index in [1.807, 2.05) is 30.3 Å². The molecule has 90 valence electrons. The highest BCUT2D eigenvalue weighted by Crippen LogP contribution is 2.00. The molecule has 0 saturated carbocycles. The molecule has 0 saturated heterocycles. The van der Waals surface area contributed by atoms with Crippen LogP contribution in [0.25, 0.3) is 0 Å². The number of aliphatic hydroxyl groups is 1. The highest BCUT2D eigenvalue weighted by atomic mass is 16.5. The number of aliphatic hydroxyl groups excluding tert-OH is 1. The highest BCUT2D eigenvalue weighted by Gasteiger charge is 2.07. The Balaban J connectivity index is 2.11. The zero-order valence-electron chi connectivity index (χ0n) is 10.1. The molecule has 0 aliphatic heterocycles. The summed E-state index contributed by atoms with van der Waals surface area (Å²) in [5, 5.41) is 11.7. The monoisotopic (exact) mass is 224 g/mol. The molecule has 0 amide bonds. The molecule has 3 heteroatoms. The van der Waals surface area contributed by atoms with Gasteiger partial charge in [-0.1, -0.05) is 30.3 Å². The zero-order chi connectivity index (χ0) is 11.8. The average Bonchev–Trinajstić information content (AvgIpc) is 2.28. The first-order valence-corrected chi connectivity index (χ1v) is 5.81. The SMILES string of the molecule is CC(C)[NH2+]C[C@H](O)COCc1ccccc1. The number of ether oxygens (including phenoxy) is 1. The Bertz CT molecular complexity index is 275. The van der Waals surface area contributed by atoms with Crippen molar-refractivity contribution >= 4 is 0 Å². The molecule has 1 aromatic rings. The van der Waals surface area contributed by atoms with Crippen molar-refractivity contribution in [1.82, 2.24) is 0 Å². The normalized spacial score (nSPS) is 13.0. The van der Waals surface area contributed by atoms with Gasteiger partial charge in [-0.3, -0.25) is 0 Å². The minimum absolute atomic E-state index is 0.383. The van der Waals surface area contributed by atoms with Crippen molar-refractivity contribution in [2.24, 2.45) is 0 Å². The summed E-state index contributed by atoms with van der Waals surface area (Å²) in [6.45, 7) is 5.89. The van der Waals surface area contributed by atoms with Gasteiger partial charge in [0.05, 0.1) is 19.3 Å². The van der Waals surface area contributed by atoms with Crippen molar-refractivity contribution in [3.05, 3.63) is 35.9 Å². The van der Waals surface area contributed by atoms with E-state index in [9.17, 15) is 5.11 Å². The summed E-state index contributed by atoms with van der Waals surface area (Å²) in [7, 11) is 0. The van der Waals surface area contributed by atoms with Crippen LogP contribution in [0.1, 0.15) is 19.4 Å². The molecular formula is C13H22NO2+. The predicted octanol–water partition coefficient (Wildman–Crippen LogP) is 0.536. The number of hydrogen-bond donors (Lipinski definition) is 2. The molecule has 0 radical (unpaired) electrons. The molecule has 0 unspecified atom stereocenters. The van der Waals surface area contributed by atoms with Crippen molar-refractivity contribution in [1.29, 1.82) is 0 Å². The van der Waals surface area contributed by atoms with Gasteiger partial charge in [0.15, 0.2) is 0 Å². The van der Waals surface area contributed by atoms with E-state index < -0.39 is 0 Å². The smallest absolute Gasteiger partial charge is 0.126 e. The molecule has 0 bridgehead atoms. The van der Waals surface area contributed by atoms with E-state index in [0.717, 1.165) is 5.56 Å². The van der Waals surface area contributed by atoms with Gasteiger partial charge in [0, 0.05) is 0 Å². The third-order valence-corrected chi connectivity index (χ3v) is 2.30. The van der Waals surface area contributed by atoms with Gasteiger partial charge in [-0.05, 0) is 19.4 Å². The second-order valence-electron chi connectivity index (χ2n) is 4.37. The average molecular weight is 224 g/mol. The topological polar surface area (TPSA) is 46.1 Å². The van der Waals surface area contributed by atoms with Crippen molar-refractivity contribution in [3.63, 3.8) is 0 Å². The Morgan fingerprint density at radius 3 is 2.56 bits per heavy atom. The molecule has 0 heterocycles. The Kier molecular flexibility index (Phi) is 6.08. The summed E-state index contributed by atoms with van der Waals surface area (Å²) >= 11 is 0. The van der Waals surface area contributed by atoms with Gasteiger partial charge < -0.3 is 15.2 Å². The number of rotatable bonds is 7. The molecule has 1 aromatic carbocycles. The fourth-order valence-electron chi connectivity index (χ4n) is 1.38. The minimum atomic E-state index is -0.383. The van der Waals surface area contributed by atoms with Gasteiger partial charge >= 0.3 is 0 Å². The molecular weight excluding hydrogens is 202 g/mol. The molecule has 0 aromatic heterocycles.